The van der Waals surface area contributed by atoms with Crippen molar-refractivity contribution in [2.75, 3.05) is 24.6 Å². The molecule has 0 fully saturated rings. The Bertz CT molecular complexity index is 370. The fourth-order valence-electron chi connectivity index (χ4n) is 1.64. The van der Waals surface area contributed by atoms with Crippen LogP contribution in [0.1, 0.15) is 25.3 Å². The fourth-order valence-corrected chi connectivity index (χ4v) is 2.58. The summed E-state index contributed by atoms with van der Waals surface area (Å²) >= 11 is 1.65. The zero-order valence-electron chi connectivity index (χ0n) is 11.8. The van der Waals surface area contributed by atoms with Gasteiger partial charge in [0.15, 0.2) is 0 Å². The average molecular weight is 280 g/mol. The number of nitrogens with one attached hydrogen (secondary N) is 1. The molecular formula is C15H24N2OS. The van der Waals surface area contributed by atoms with Crippen LogP contribution in [0.4, 0.5) is 0 Å². The Morgan fingerprint density at radius 3 is 2.63 bits per heavy atom. The number of carbonyl (C=O) groups is 1. The second-order valence-electron chi connectivity index (χ2n) is 4.97. The van der Waals surface area contributed by atoms with Gasteiger partial charge in [-0.25, -0.2) is 0 Å². The van der Waals surface area contributed by atoms with Crippen LogP contribution in [0.15, 0.2) is 30.3 Å². The van der Waals surface area contributed by atoms with E-state index in [-0.39, 0.29) is 5.91 Å². The Balaban J connectivity index is 2.20. The first-order valence-corrected chi connectivity index (χ1v) is 7.88. The third-order valence-corrected chi connectivity index (χ3v) is 4.28. The monoisotopic (exact) mass is 280 g/mol. The van der Waals surface area contributed by atoms with E-state index in [2.05, 4.69) is 31.3 Å². The number of hydrogen-bond donors (Lipinski definition) is 2. The minimum atomic E-state index is 0.108. The van der Waals surface area contributed by atoms with E-state index in [4.69, 9.17) is 5.73 Å². The summed E-state index contributed by atoms with van der Waals surface area (Å²) in [6, 6.07) is 10.2. The third kappa shape index (κ3) is 6.64. The number of carbonyl (C=O) groups excluding carboxylic acids is 1. The van der Waals surface area contributed by atoms with Crippen molar-refractivity contribution in [3.63, 3.8) is 0 Å². The number of amides is 1. The van der Waals surface area contributed by atoms with Crippen LogP contribution in [-0.2, 0) is 4.79 Å². The Morgan fingerprint density at radius 1 is 1.32 bits per heavy atom. The quantitative estimate of drug-likeness (QED) is 0.768. The second-order valence-corrected chi connectivity index (χ2v) is 6.00. The number of nitrogens with two attached hydrogens (primary N) is 1. The molecule has 0 aliphatic heterocycles. The van der Waals surface area contributed by atoms with Crippen molar-refractivity contribution in [2.24, 2.45) is 11.7 Å². The second kappa shape index (κ2) is 8.99. The van der Waals surface area contributed by atoms with Gasteiger partial charge in [0.25, 0.3) is 0 Å². The smallest absolute Gasteiger partial charge is 0.230 e. The summed E-state index contributed by atoms with van der Waals surface area (Å²) in [4.78, 5) is 11.7. The summed E-state index contributed by atoms with van der Waals surface area (Å²) in [5.41, 5.74) is 6.79. The van der Waals surface area contributed by atoms with E-state index in [0.29, 0.717) is 30.7 Å². The van der Waals surface area contributed by atoms with E-state index >= 15 is 0 Å². The molecule has 0 radical (unpaired) electrons. The van der Waals surface area contributed by atoms with Crippen molar-refractivity contribution in [1.82, 2.24) is 5.32 Å². The van der Waals surface area contributed by atoms with Gasteiger partial charge >= 0.3 is 0 Å². The number of rotatable bonds is 8. The lowest BCUT2D eigenvalue weighted by Gasteiger charge is -2.13. The average Bonchev–Trinajstić information content (AvgIpc) is 2.45. The predicted molar refractivity (Wildman–Crippen MR) is 83.4 cm³/mol. The van der Waals surface area contributed by atoms with Gasteiger partial charge in [0.05, 0.1) is 5.75 Å². The summed E-state index contributed by atoms with van der Waals surface area (Å²) in [5, 5.41) is 2.98. The highest BCUT2D eigenvalue weighted by Crippen LogP contribution is 2.13. The summed E-state index contributed by atoms with van der Waals surface area (Å²) in [5.74, 6) is 2.39. The Kier molecular flexibility index (Phi) is 7.60. The molecule has 106 valence electrons. The molecule has 1 aromatic carbocycles. The fraction of sp³-hybridized carbons (Fsp3) is 0.533. The van der Waals surface area contributed by atoms with Crippen LogP contribution in [-0.4, -0.2) is 30.5 Å². The zero-order valence-corrected chi connectivity index (χ0v) is 12.6. The largest absolute Gasteiger partial charge is 0.355 e. The lowest BCUT2D eigenvalue weighted by atomic mass is 10.0. The lowest BCUT2D eigenvalue weighted by Crippen LogP contribution is -2.29. The molecule has 4 heteroatoms. The van der Waals surface area contributed by atoms with Crippen LogP contribution >= 0.6 is 11.8 Å². The van der Waals surface area contributed by atoms with Gasteiger partial charge in [0, 0.05) is 6.54 Å². The van der Waals surface area contributed by atoms with Gasteiger partial charge < -0.3 is 11.1 Å². The SMILES string of the molecule is CC(CN)CSCC(=O)NCC(C)c1ccccc1. The van der Waals surface area contributed by atoms with Crippen LogP contribution in [0.5, 0.6) is 0 Å². The van der Waals surface area contributed by atoms with Crippen LogP contribution in [0, 0.1) is 5.92 Å². The van der Waals surface area contributed by atoms with Gasteiger partial charge in [-0.15, -0.1) is 0 Å². The van der Waals surface area contributed by atoms with Crippen molar-refractivity contribution < 1.29 is 4.79 Å². The number of hydrogen-bond acceptors (Lipinski definition) is 3. The van der Waals surface area contributed by atoms with E-state index in [9.17, 15) is 4.79 Å². The molecule has 3 N–H and O–H groups in total. The molecule has 1 rings (SSSR count). The number of thioether (sulfide) groups is 1. The van der Waals surface area contributed by atoms with E-state index in [1.807, 2.05) is 18.2 Å². The van der Waals surface area contributed by atoms with Crippen LogP contribution in [0.2, 0.25) is 0 Å². The maximum absolute atomic E-state index is 11.7. The standard InChI is InChI=1S/C15H24N2OS/c1-12(8-16)10-19-11-15(18)17-9-13(2)14-6-4-3-5-7-14/h3-7,12-13H,8-11,16H2,1-2H3,(H,17,18). The normalized spacial score (nSPS) is 13.8. The first-order chi connectivity index (χ1) is 9.13. The Morgan fingerprint density at radius 2 is 2.00 bits per heavy atom. The first-order valence-electron chi connectivity index (χ1n) is 6.73. The summed E-state index contributed by atoms with van der Waals surface area (Å²) in [6.07, 6.45) is 0. The summed E-state index contributed by atoms with van der Waals surface area (Å²) < 4.78 is 0. The highest BCUT2D eigenvalue weighted by atomic mass is 32.2. The van der Waals surface area contributed by atoms with E-state index in [1.165, 1.54) is 5.56 Å². The molecular weight excluding hydrogens is 256 g/mol. The summed E-state index contributed by atoms with van der Waals surface area (Å²) in [6.45, 7) is 5.59. The minimum absolute atomic E-state index is 0.108. The van der Waals surface area contributed by atoms with Crippen molar-refractivity contribution in [1.29, 1.82) is 0 Å². The molecule has 0 aliphatic rings. The van der Waals surface area contributed by atoms with Gasteiger partial charge in [-0.2, -0.15) is 11.8 Å². The van der Waals surface area contributed by atoms with E-state index in [0.717, 1.165) is 5.75 Å². The van der Waals surface area contributed by atoms with Crippen LogP contribution in [0.3, 0.4) is 0 Å². The van der Waals surface area contributed by atoms with Gasteiger partial charge in [0.1, 0.15) is 0 Å². The minimum Gasteiger partial charge on any atom is -0.355 e. The third-order valence-electron chi connectivity index (χ3n) is 3.01. The highest BCUT2D eigenvalue weighted by Gasteiger charge is 2.08. The van der Waals surface area contributed by atoms with Crippen molar-refractivity contribution in [3.8, 4) is 0 Å². The molecule has 0 aliphatic carbocycles. The van der Waals surface area contributed by atoms with Gasteiger partial charge in [0.2, 0.25) is 5.91 Å². The maximum atomic E-state index is 11.7. The number of benzene rings is 1. The molecule has 0 saturated carbocycles. The van der Waals surface area contributed by atoms with Gasteiger partial charge in [-0.3, -0.25) is 4.79 Å². The molecule has 1 amide bonds. The molecule has 3 nitrogen and oxygen atoms in total. The van der Waals surface area contributed by atoms with E-state index < -0.39 is 0 Å². The van der Waals surface area contributed by atoms with Crippen molar-refractivity contribution in [3.05, 3.63) is 35.9 Å². The molecule has 0 spiro atoms. The van der Waals surface area contributed by atoms with E-state index in [1.54, 1.807) is 11.8 Å². The molecule has 1 aromatic rings. The predicted octanol–water partition coefficient (Wildman–Crippen LogP) is 2.23. The zero-order chi connectivity index (χ0) is 14.1. The van der Waals surface area contributed by atoms with Crippen molar-refractivity contribution in [2.45, 2.75) is 19.8 Å². The summed E-state index contributed by atoms with van der Waals surface area (Å²) in [7, 11) is 0. The van der Waals surface area contributed by atoms with Gasteiger partial charge in [-0.05, 0) is 29.7 Å². The Labute approximate surface area is 120 Å². The van der Waals surface area contributed by atoms with Crippen molar-refractivity contribution >= 4 is 17.7 Å². The van der Waals surface area contributed by atoms with Crippen LogP contribution in [0.25, 0.3) is 0 Å². The molecule has 0 heterocycles. The first kappa shape index (κ1) is 16.1. The molecule has 19 heavy (non-hydrogen) atoms. The molecule has 0 bridgehead atoms. The Hall–Kier alpha value is -1.00. The van der Waals surface area contributed by atoms with Crippen LogP contribution < -0.4 is 11.1 Å². The molecule has 0 aromatic heterocycles. The maximum Gasteiger partial charge on any atom is 0.230 e. The molecule has 2 unspecified atom stereocenters. The lowest BCUT2D eigenvalue weighted by molar-refractivity contribution is -0.118. The topological polar surface area (TPSA) is 55.1 Å². The molecule has 2 atom stereocenters. The van der Waals surface area contributed by atoms with Gasteiger partial charge in [-0.1, -0.05) is 44.2 Å². The highest BCUT2D eigenvalue weighted by molar-refractivity contribution is 7.99. The molecule has 0 saturated heterocycles.